The van der Waals surface area contributed by atoms with Crippen LogP contribution in [-0.2, 0) is 4.74 Å². The minimum Gasteiger partial charge on any atom is -0.379 e. The zero-order valence-corrected chi connectivity index (χ0v) is 12.6. The number of benzene rings is 1. The second-order valence-electron chi connectivity index (χ2n) is 5.43. The lowest BCUT2D eigenvalue weighted by molar-refractivity contribution is 0.115. The third kappa shape index (κ3) is 6.60. The highest BCUT2D eigenvalue weighted by Crippen LogP contribution is 2.15. The standard InChI is InChI=1S/C16H28N2O/c1-14(2)13-19-12-11-18(10-4-9-17)16-7-5-15(3)6-8-16/h5-8,14H,4,9-13,17H2,1-3H3. The van der Waals surface area contributed by atoms with Crippen molar-refractivity contribution >= 4 is 5.69 Å². The predicted molar refractivity (Wildman–Crippen MR) is 82.7 cm³/mol. The molecular weight excluding hydrogens is 236 g/mol. The van der Waals surface area contributed by atoms with Crippen LogP contribution in [0.1, 0.15) is 25.8 Å². The van der Waals surface area contributed by atoms with E-state index in [1.54, 1.807) is 0 Å². The van der Waals surface area contributed by atoms with Crippen LogP contribution in [0.25, 0.3) is 0 Å². The van der Waals surface area contributed by atoms with Gasteiger partial charge in [-0.1, -0.05) is 31.5 Å². The van der Waals surface area contributed by atoms with E-state index in [-0.39, 0.29) is 0 Å². The van der Waals surface area contributed by atoms with Gasteiger partial charge >= 0.3 is 0 Å². The van der Waals surface area contributed by atoms with E-state index in [0.29, 0.717) is 5.92 Å². The Labute approximate surface area is 117 Å². The molecule has 19 heavy (non-hydrogen) atoms. The van der Waals surface area contributed by atoms with Crippen molar-refractivity contribution in [1.29, 1.82) is 0 Å². The highest BCUT2D eigenvalue weighted by atomic mass is 16.5. The number of hydrogen-bond donors (Lipinski definition) is 1. The molecule has 1 rings (SSSR count). The normalized spacial score (nSPS) is 11.0. The first-order valence-corrected chi connectivity index (χ1v) is 7.23. The van der Waals surface area contributed by atoms with Gasteiger partial charge in [0.15, 0.2) is 0 Å². The van der Waals surface area contributed by atoms with Gasteiger partial charge in [0.2, 0.25) is 0 Å². The molecule has 0 atom stereocenters. The first kappa shape index (κ1) is 16.0. The van der Waals surface area contributed by atoms with E-state index in [4.69, 9.17) is 10.5 Å². The summed E-state index contributed by atoms with van der Waals surface area (Å²) in [6.45, 7) is 10.7. The van der Waals surface area contributed by atoms with Crippen LogP contribution in [0.3, 0.4) is 0 Å². The second-order valence-corrected chi connectivity index (χ2v) is 5.43. The van der Waals surface area contributed by atoms with Crippen molar-refractivity contribution in [3.8, 4) is 0 Å². The fourth-order valence-corrected chi connectivity index (χ4v) is 1.90. The second kappa shape index (κ2) is 8.94. The van der Waals surface area contributed by atoms with Gasteiger partial charge < -0.3 is 15.4 Å². The predicted octanol–water partition coefficient (Wildman–Crippen LogP) is 2.82. The topological polar surface area (TPSA) is 38.5 Å². The Morgan fingerprint density at radius 1 is 1.16 bits per heavy atom. The molecule has 3 heteroatoms. The molecule has 2 N–H and O–H groups in total. The Kier molecular flexibility index (Phi) is 7.53. The third-order valence-electron chi connectivity index (χ3n) is 2.99. The lowest BCUT2D eigenvalue weighted by atomic mass is 10.2. The minimum absolute atomic E-state index is 0.594. The van der Waals surface area contributed by atoms with Crippen LogP contribution in [-0.4, -0.2) is 32.8 Å². The summed E-state index contributed by atoms with van der Waals surface area (Å²) in [5.41, 5.74) is 8.16. The van der Waals surface area contributed by atoms with Crippen molar-refractivity contribution in [3.63, 3.8) is 0 Å². The number of anilines is 1. The van der Waals surface area contributed by atoms with Crippen LogP contribution >= 0.6 is 0 Å². The first-order valence-electron chi connectivity index (χ1n) is 7.23. The van der Waals surface area contributed by atoms with Crippen molar-refractivity contribution in [2.24, 2.45) is 11.7 Å². The highest BCUT2D eigenvalue weighted by molar-refractivity contribution is 5.47. The molecule has 0 saturated carbocycles. The highest BCUT2D eigenvalue weighted by Gasteiger charge is 2.06. The third-order valence-corrected chi connectivity index (χ3v) is 2.99. The van der Waals surface area contributed by atoms with E-state index in [9.17, 15) is 0 Å². The van der Waals surface area contributed by atoms with Crippen molar-refractivity contribution in [3.05, 3.63) is 29.8 Å². The van der Waals surface area contributed by atoms with Crippen molar-refractivity contribution < 1.29 is 4.74 Å². The van der Waals surface area contributed by atoms with Crippen LogP contribution in [0.2, 0.25) is 0 Å². The number of rotatable bonds is 9. The van der Waals surface area contributed by atoms with Crippen LogP contribution in [0.5, 0.6) is 0 Å². The monoisotopic (exact) mass is 264 g/mol. The molecular formula is C16H28N2O. The molecule has 1 aromatic rings. The van der Waals surface area contributed by atoms with Crippen molar-refractivity contribution in [2.75, 3.05) is 37.7 Å². The summed E-state index contributed by atoms with van der Waals surface area (Å²) < 4.78 is 5.68. The maximum atomic E-state index is 5.68. The smallest absolute Gasteiger partial charge is 0.0641 e. The molecule has 0 amide bonds. The van der Waals surface area contributed by atoms with Crippen LogP contribution in [0.15, 0.2) is 24.3 Å². The quantitative estimate of drug-likeness (QED) is 0.697. The van der Waals surface area contributed by atoms with E-state index in [0.717, 1.165) is 39.3 Å². The van der Waals surface area contributed by atoms with E-state index in [1.807, 2.05) is 0 Å². The molecule has 0 radical (unpaired) electrons. The van der Waals surface area contributed by atoms with Crippen LogP contribution in [0.4, 0.5) is 5.69 Å². The summed E-state index contributed by atoms with van der Waals surface area (Å²) in [6, 6.07) is 8.65. The molecule has 0 aliphatic heterocycles. The zero-order chi connectivity index (χ0) is 14.1. The number of aryl methyl sites for hydroxylation is 1. The number of hydrogen-bond acceptors (Lipinski definition) is 3. The minimum atomic E-state index is 0.594. The Bertz CT molecular complexity index is 335. The molecule has 0 fully saturated rings. The molecule has 3 nitrogen and oxygen atoms in total. The van der Waals surface area contributed by atoms with Crippen molar-refractivity contribution in [2.45, 2.75) is 27.2 Å². The molecule has 0 aliphatic rings. The van der Waals surface area contributed by atoms with Gasteiger partial charge in [0.1, 0.15) is 0 Å². The Hall–Kier alpha value is -1.06. The van der Waals surface area contributed by atoms with Gasteiger partial charge in [0.25, 0.3) is 0 Å². The van der Waals surface area contributed by atoms with Gasteiger partial charge in [-0.15, -0.1) is 0 Å². The molecule has 0 spiro atoms. The Morgan fingerprint density at radius 3 is 2.42 bits per heavy atom. The van der Waals surface area contributed by atoms with Crippen molar-refractivity contribution in [1.82, 2.24) is 0 Å². The largest absolute Gasteiger partial charge is 0.379 e. The summed E-state index contributed by atoms with van der Waals surface area (Å²) in [5, 5.41) is 0. The van der Waals surface area contributed by atoms with Gasteiger partial charge in [-0.3, -0.25) is 0 Å². The maximum Gasteiger partial charge on any atom is 0.0641 e. The van der Waals surface area contributed by atoms with Crippen LogP contribution < -0.4 is 10.6 Å². The molecule has 0 aromatic heterocycles. The van der Waals surface area contributed by atoms with E-state index in [1.165, 1.54) is 11.3 Å². The Balaban J connectivity index is 2.48. The van der Waals surface area contributed by atoms with E-state index >= 15 is 0 Å². The summed E-state index contributed by atoms with van der Waals surface area (Å²) in [7, 11) is 0. The summed E-state index contributed by atoms with van der Waals surface area (Å²) in [4.78, 5) is 2.35. The van der Waals surface area contributed by atoms with Gasteiger partial charge in [-0.2, -0.15) is 0 Å². The average molecular weight is 264 g/mol. The van der Waals surface area contributed by atoms with E-state index < -0.39 is 0 Å². The molecule has 0 saturated heterocycles. The van der Waals surface area contributed by atoms with E-state index in [2.05, 4.69) is 49.9 Å². The zero-order valence-electron chi connectivity index (χ0n) is 12.6. The number of ether oxygens (including phenoxy) is 1. The fourth-order valence-electron chi connectivity index (χ4n) is 1.90. The molecule has 0 aliphatic carbocycles. The molecule has 0 unspecified atom stereocenters. The van der Waals surface area contributed by atoms with Gasteiger partial charge in [0, 0.05) is 25.4 Å². The fraction of sp³-hybridized carbons (Fsp3) is 0.625. The summed E-state index contributed by atoms with van der Waals surface area (Å²) in [5.74, 6) is 0.594. The number of nitrogens with zero attached hydrogens (tertiary/aromatic N) is 1. The van der Waals surface area contributed by atoms with Crippen LogP contribution in [0, 0.1) is 12.8 Å². The summed E-state index contributed by atoms with van der Waals surface area (Å²) >= 11 is 0. The molecule has 0 bridgehead atoms. The first-order chi connectivity index (χ1) is 9.13. The Morgan fingerprint density at radius 2 is 1.84 bits per heavy atom. The average Bonchev–Trinajstić information content (AvgIpc) is 2.39. The summed E-state index contributed by atoms with van der Waals surface area (Å²) in [6.07, 6.45) is 1.01. The van der Waals surface area contributed by atoms with Gasteiger partial charge in [-0.05, 0) is 37.9 Å². The molecule has 0 heterocycles. The van der Waals surface area contributed by atoms with Gasteiger partial charge in [0.05, 0.1) is 6.61 Å². The number of nitrogens with two attached hydrogens (primary N) is 1. The van der Waals surface area contributed by atoms with Gasteiger partial charge in [-0.25, -0.2) is 0 Å². The SMILES string of the molecule is Cc1ccc(N(CCCN)CCOCC(C)C)cc1. The maximum absolute atomic E-state index is 5.68. The molecule has 1 aromatic carbocycles. The lowest BCUT2D eigenvalue weighted by Gasteiger charge is -2.25. The lowest BCUT2D eigenvalue weighted by Crippen LogP contribution is -2.30. The molecule has 108 valence electrons.